The van der Waals surface area contributed by atoms with Crippen LogP contribution < -0.4 is 10.0 Å². The van der Waals surface area contributed by atoms with Gasteiger partial charge in [-0.1, -0.05) is 0 Å². The highest BCUT2D eigenvalue weighted by Crippen LogP contribution is 2.40. The van der Waals surface area contributed by atoms with Gasteiger partial charge in [0.15, 0.2) is 0 Å². The molecule has 2 rings (SSSR count). The average Bonchev–Trinajstić information content (AvgIpc) is 2.49. The maximum Gasteiger partial charge on any atom is 0.0784 e. The van der Waals surface area contributed by atoms with E-state index in [4.69, 9.17) is 4.74 Å². The second-order valence-corrected chi connectivity index (χ2v) is 4.77. The van der Waals surface area contributed by atoms with E-state index < -0.39 is 0 Å². The van der Waals surface area contributed by atoms with Crippen molar-refractivity contribution >= 4 is 11.9 Å². The topological polar surface area (TPSA) is 50.4 Å². The third-order valence-corrected chi connectivity index (χ3v) is 3.94. The maximum absolute atomic E-state index is 10.6. The third kappa shape index (κ3) is 1.74. The Hall–Kier alpha value is 0.0300. The monoisotopic (exact) mass is 218 g/mol. The zero-order chi connectivity index (χ0) is 10.0. The molecule has 14 heavy (non-hydrogen) atoms. The minimum absolute atomic E-state index is 0.0227. The van der Waals surface area contributed by atoms with Crippen LogP contribution in [0, 0.1) is 5.41 Å². The molecule has 2 aliphatic heterocycles. The molecule has 0 aromatic rings. The fraction of sp³-hybridized carbons (Fsp3) is 1.00. The van der Waals surface area contributed by atoms with Crippen LogP contribution in [-0.2, 0) is 16.6 Å². The van der Waals surface area contributed by atoms with Crippen molar-refractivity contribution < 1.29 is 8.95 Å². The molecular formula is C9H18N2O2S. The van der Waals surface area contributed by atoms with Gasteiger partial charge in [-0.15, -0.1) is 0 Å². The molecule has 5 heteroatoms. The predicted molar refractivity (Wildman–Crippen MR) is 56.4 cm³/mol. The Kier molecular flexibility index (Phi) is 3.21. The average molecular weight is 218 g/mol. The Morgan fingerprint density at radius 2 is 2.21 bits per heavy atom. The lowest BCUT2D eigenvalue weighted by Crippen LogP contribution is -2.50. The van der Waals surface area contributed by atoms with Crippen molar-refractivity contribution in [1.82, 2.24) is 10.0 Å². The van der Waals surface area contributed by atoms with Crippen LogP contribution in [0.3, 0.4) is 0 Å². The molecular weight excluding hydrogens is 200 g/mol. The van der Waals surface area contributed by atoms with E-state index in [1.165, 1.54) is 0 Å². The summed E-state index contributed by atoms with van der Waals surface area (Å²) in [6, 6.07) is 0.240. The summed E-state index contributed by atoms with van der Waals surface area (Å²) in [7, 11) is 0. The van der Waals surface area contributed by atoms with Crippen molar-refractivity contribution in [2.24, 2.45) is 5.41 Å². The maximum atomic E-state index is 10.6. The molecule has 0 radical (unpaired) electrons. The van der Waals surface area contributed by atoms with Crippen molar-refractivity contribution in [3.8, 4) is 0 Å². The minimum atomic E-state index is 0.0227. The minimum Gasteiger partial charge on any atom is -0.376 e. The van der Waals surface area contributed by atoms with Gasteiger partial charge in [-0.05, 0) is 32.9 Å². The molecule has 2 atom stereocenters. The summed E-state index contributed by atoms with van der Waals surface area (Å²) >= 11 is 0.0227. The molecule has 0 aromatic carbocycles. The van der Waals surface area contributed by atoms with Crippen LogP contribution in [0.15, 0.2) is 0 Å². The van der Waals surface area contributed by atoms with Gasteiger partial charge in [0.1, 0.15) is 0 Å². The van der Waals surface area contributed by atoms with Gasteiger partial charge in [-0.25, -0.2) is 8.93 Å². The van der Waals surface area contributed by atoms with Crippen molar-refractivity contribution in [3.63, 3.8) is 0 Å². The van der Waals surface area contributed by atoms with Crippen LogP contribution in [0.2, 0.25) is 0 Å². The number of thiol groups is 1. The summed E-state index contributed by atoms with van der Waals surface area (Å²) in [4.78, 5) is 0. The highest BCUT2D eigenvalue weighted by molar-refractivity contribution is 7.63. The highest BCUT2D eigenvalue weighted by Gasteiger charge is 2.48. The molecule has 0 aliphatic carbocycles. The number of rotatable bonds is 2. The fourth-order valence-electron chi connectivity index (χ4n) is 2.66. The van der Waals surface area contributed by atoms with E-state index in [9.17, 15) is 4.21 Å². The SMILES string of the molecule is C[C@@H]1OCC2(CCNCC2)[C@@H]1N[SH]=O. The van der Waals surface area contributed by atoms with Gasteiger partial charge in [0.2, 0.25) is 0 Å². The van der Waals surface area contributed by atoms with Crippen molar-refractivity contribution in [3.05, 3.63) is 0 Å². The smallest absolute Gasteiger partial charge is 0.0784 e. The van der Waals surface area contributed by atoms with Crippen molar-refractivity contribution in [2.45, 2.75) is 31.9 Å². The molecule has 1 spiro atoms. The molecule has 2 saturated heterocycles. The van der Waals surface area contributed by atoms with Gasteiger partial charge in [0.05, 0.1) is 30.6 Å². The van der Waals surface area contributed by atoms with Gasteiger partial charge in [0, 0.05) is 5.41 Å². The van der Waals surface area contributed by atoms with E-state index in [0.717, 1.165) is 32.5 Å². The molecule has 0 saturated carbocycles. The second-order valence-electron chi connectivity index (χ2n) is 4.33. The second kappa shape index (κ2) is 4.26. The van der Waals surface area contributed by atoms with E-state index in [-0.39, 0.29) is 29.4 Å². The third-order valence-electron chi connectivity index (χ3n) is 3.55. The highest BCUT2D eigenvalue weighted by atomic mass is 32.2. The van der Waals surface area contributed by atoms with Crippen LogP contribution in [0.1, 0.15) is 19.8 Å². The summed E-state index contributed by atoms with van der Waals surface area (Å²) in [6.45, 7) is 4.96. The first-order valence-corrected chi connectivity index (χ1v) is 6.00. The number of nitrogens with one attached hydrogen (secondary N) is 2. The molecule has 0 unspecified atom stereocenters. The molecule has 0 aromatic heterocycles. The van der Waals surface area contributed by atoms with Gasteiger partial charge < -0.3 is 10.1 Å². The Balaban J connectivity index is 2.11. The van der Waals surface area contributed by atoms with Crippen molar-refractivity contribution in [1.29, 1.82) is 0 Å². The molecule has 2 aliphatic rings. The Labute approximate surface area is 88.4 Å². The number of hydrogen-bond acceptors (Lipinski definition) is 3. The molecule has 2 fully saturated rings. The zero-order valence-corrected chi connectivity index (χ0v) is 9.35. The van der Waals surface area contributed by atoms with E-state index in [1.807, 2.05) is 0 Å². The standard InChI is InChI=1S/C9H18N2O2S/c1-7-8(11-14-12)9(6-13-7)2-4-10-5-3-9/h7-8,10,14H,2-6H2,1H3,(H,11,12)/t7-,8+/m0/s1. The quantitative estimate of drug-likeness (QED) is 0.553. The van der Waals surface area contributed by atoms with Gasteiger partial charge >= 0.3 is 0 Å². The summed E-state index contributed by atoms with van der Waals surface area (Å²) in [6.07, 6.45) is 2.41. The lowest BCUT2D eigenvalue weighted by Gasteiger charge is -2.37. The number of ether oxygens (including phenoxy) is 1. The van der Waals surface area contributed by atoms with E-state index >= 15 is 0 Å². The fourth-order valence-corrected chi connectivity index (χ4v) is 3.26. The number of hydrogen-bond donors (Lipinski definition) is 3. The largest absolute Gasteiger partial charge is 0.376 e. The van der Waals surface area contributed by atoms with Gasteiger partial charge in [-0.3, -0.25) is 0 Å². The van der Waals surface area contributed by atoms with E-state index in [0.29, 0.717) is 0 Å². The van der Waals surface area contributed by atoms with Crippen LogP contribution in [-0.4, -0.2) is 36.1 Å². The zero-order valence-electron chi connectivity index (χ0n) is 8.45. The van der Waals surface area contributed by atoms with E-state index in [1.54, 1.807) is 0 Å². The lowest BCUT2D eigenvalue weighted by molar-refractivity contribution is 0.0951. The normalized spacial score (nSPS) is 36.4. The molecule has 0 amide bonds. The van der Waals surface area contributed by atoms with Crippen LogP contribution >= 0.6 is 0 Å². The van der Waals surface area contributed by atoms with E-state index in [2.05, 4.69) is 17.0 Å². The first-order chi connectivity index (χ1) is 6.78. The molecule has 2 heterocycles. The summed E-state index contributed by atoms with van der Waals surface area (Å²) in [5.41, 5.74) is 0.210. The summed E-state index contributed by atoms with van der Waals surface area (Å²) in [5.74, 6) is 0. The van der Waals surface area contributed by atoms with Crippen LogP contribution in [0.25, 0.3) is 0 Å². The summed E-state index contributed by atoms with van der Waals surface area (Å²) in [5, 5.41) is 3.35. The van der Waals surface area contributed by atoms with Crippen LogP contribution in [0.5, 0.6) is 0 Å². The first kappa shape index (κ1) is 10.5. The number of piperidine rings is 1. The molecule has 2 N–H and O–H groups in total. The Morgan fingerprint density at radius 3 is 2.86 bits per heavy atom. The lowest BCUT2D eigenvalue weighted by atomic mass is 9.74. The molecule has 0 bridgehead atoms. The van der Waals surface area contributed by atoms with Gasteiger partial charge in [0.25, 0.3) is 0 Å². The molecule has 82 valence electrons. The summed E-state index contributed by atoms with van der Waals surface area (Å²) < 4.78 is 19.3. The van der Waals surface area contributed by atoms with Crippen LogP contribution in [0.4, 0.5) is 0 Å². The first-order valence-electron chi connectivity index (χ1n) is 5.19. The Bertz CT molecular complexity index is 213. The Morgan fingerprint density at radius 1 is 1.50 bits per heavy atom. The van der Waals surface area contributed by atoms with Crippen molar-refractivity contribution in [2.75, 3.05) is 19.7 Å². The predicted octanol–water partition coefficient (Wildman–Crippen LogP) is -0.407. The molecule has 4 nitrogen and oxygen atoms in total. The van der Waals surface area contributed by atoms with Gasteiger partial charge in [-0.2, -0.15) is 0 Å².